The second-order valence-corrected chi connectivity index (χ2v) is 6.88. The number of aryl methyl sites for hydroxylation is 2. The van der Waals surface area contributed by atoms with Crippen LogP contribution in [0, 0.1) is 0 Å². The van der Waals surface area contributed by atoms with Crippen molar-refractivity contribution >= 4 is 33.2 Å². The third kappa shape index (κ3) is 3.26. The molecule has 1 aromatic carbocycles. The van der Waals surface area contributed by atoms with Gasteiger partial charge in [-0.15, -0.1) is 0 Å². The third-order valence-corrected chi connectivity index (χ3v) is 4.95. The summed E-state index contributed by atoms with van der Waals surface area (Å²) in [7, 11) is 0. The maximum Gasteiger partial charge on any atom is 0.265 e. The molecule has 0 bridgehead atoms. The van der Waals surface area contributed by atoms with Gasteiger partial charge in [-0.2, -0.15) is 0 Å². The number of rotatable bonds is 8. The normalized spacial score (nSPS) is 11.8. The Morgan fingerprint density at radius 1 is 1.00 bits per heavy atom. The largest absolute Gasteiger partial charge is 0.382 e. The van der Waals surface area contributed by atoms with E-state index < -0.39 is 0 Å². The van der Waals surface area contributed by atoms with Crippen molar-refractivity contribution in [1.82, 2.24) is 24.1 Å². The van der Waals surface area contributed by atoms with Gasteiger partial charge in [-0.25, -0.2) is 15.0 Å². The molecule has 0 radical (unpaired) electrons. The van der Waals surface area contributed by atoms with E-state index >= 15 is 0 Å². The van der Waals surface area contributed by atoms with Gasteiger partial charge in [-0.05, 0) is 31.9 Å². The van der Waals surface area contributed by atoms with Crippen LogP contribution in [0.4, 0.5) is 0 Å². The molecule has 0 fully saturated rings. The van der Waals surface area contributed by atoms with Crippen molar-refractivity contribution in [2.24, 2.45) is 0 Å². The zero-order valence-electron chi connectivity index (χ0n) is 16.4. The topological polar surface area (TPSA) is 74.8 Å². The smallest absolute Gasteiger partial charge is 0.265 e. The molecule has 7 heteroatoms. The van der Waals surface area contributed by atoms with Gasteiger partial charge in [-0.3, -0.25) is 9.36 Å². The molecular weight excluding hydrogens is 354 g/mol. The highest BCUT2D eigenvalue weighted by Crippen LogP contribution is 2.25. The van der Waals surface area contributed by atoms with Crippen molar-refractivity contribution < 1.29 is 4.74 Å². The molecule has 0 aliphatic rings. The van der Waals surface area contributed by atoms with Gasteiger partial charge in [-0.1, -0.05) is 25.5 Å². The van der Waals surface area contributed by atoms with Gasteiger partial charge < -0.3 is 9.30 Å². The molecule has 0 N–H and O–H groups in total. The van der Waals surface area contributed by atoms with Crippen molar-refractivity contribution in [3.63, 3.8) is 0 Å². The van der Waals surface area contributed by atoms with Crippen LogP contribution >= 0.6 is 0 Å². The highest BCUT2D eigenvalue weighted by atomic mass is 16.5. The van der Waals surface area contributed by atoms with Gasteiger partial charge in [0.05, 0.1) is 17.4 Å². The van der Waals surface area contributed by atoms with Gasteiger partial charge in [0.2, 0.25) is 0 Å². The molecule has 7 nitrogen and oxygen atoms in total. The second-order valence-electron chi connectivity index (χ2n) is 6.88. The fourth-order valence-electron chi connectivity index (χ4n) is 3.51. The Morgan fingerprint density at radius 2 is 1.79 bits per heavy atom. The van der Waals surface area contributed by atoms with Gasteiger partial charge in [0.25, 0.3) is 5.56 Å². The number of hydrogen-bond donors (Lipinski definition) is 0. The number of fused-ring (bicyclic) bond motifs is 4. The molecule has 28 heavy (non-hydrogen) atoms. The lowest BCUT2D eigenvalue weighted by Gasteiger charge is -2.07. The molecule has 3 aromatic heterocycles. The van der Waals surface area contributed by atoms with E-state index in [0.29, 0.717) is 36.3 Å². The molecule has 4 rings (SSSR count). The minimum absolute atomic E-state index is 0.0636. The molecular formula is C21H25N5O2. The number of para-hydroxylation sites is 2. The number of unbranched alkanes of at least 4 members (excludes halogenated alkanes) is 1. The van der Waals surface area contributed by atoms with Gasteiger partial charge in [0.1, 0.15) is 10.9 Å². The van der Waals surface area contributed by atoms with E-state index in [2.05, 4.69) is 11.9 Å². The Balaban J connectivity index is 1.91. The summed E-state index contributed by atoms with van der Waals surface area (Å²) in [6.07, 6.45) is 4.45. The quantitative estimate of drug-likeness (QED) is 0.438. The van der Waals surface area contributed by atoms with E-state index in [1.807, 2.05) is 35.8 Å². The number of ether oxygens (including phenoxy) is 1. The van der Waals surface area contributed by atoms with Crippen LogP contribution in [0.1, 0.15) is 33.1 Å². The van der Waals surface area contributed by atoms with Gasteiger partial charge in [0.15, 0.2) is 11.3 Å². The van der Waals surface area contributed by atoms with Crippen molar-refractivity contribution in [2.45, 2.75) is 46.2 Å². The van der Waals surface area contributed by atoms with E-state index in [9.17, 15) is 4.79 Å². The van der Waals surface area contributed by atoms with E-state index in [4.69, 9.17) is 14.7 Å². The first-order chi connectivity index (χ1) is 13.7. The second kappa shape index (κ2) is 8.06. The molecule has 0 atom stereocenters. The van der Waals surface area contributed by atoms with E-state index in [1.54, 1.807) is 10.9 Å². The van der Waals surface area contributed by atoms with E-state index in [-0.39, 0.29) is 5.56 Å². The van der Waals surface area contributed by atoms with Crippen molar-refractivity contribution in [3.05, 3.63) is 40.9 Å². The monoisotopic (exact) mass is 379 g/mol. The summed E-state index contributed by atoms with van der Waals surface area (Å²) in [6, 6.07) is 7.76. The van der Waals surface area contributed by atoms with Crippen molar-refractivity contribution in [1.29, 1.82) is 0 Å². The summed E-state index contributed by atoms with van der Waals surface area (Å²) >= 11 is 0. The number of nitrogens with zero attached hydrogens (tertiary/aromatic N) is 5. The van der Waals surface area contributed by atoms with Crippen LogP contribution in [0.2, 0.25) is 0 Å². The van der Waals surface area contributed by atoms with Crippen LogP contribution in [-0.4, -0.2) is 37.3 Å². The Morgan fingerprint density at radius 3 is 2.54 bits per heavy atom. The third-order valence-electron chi connectivity index (χ3n) is 4.95. The van der Waals surface area contributed by atoms with E-state index in [0.717, 1.165) is 42.5 Å². The molecule has 0 amide bonds. The molecule has 0 spiro atoms. The zero-order chi connectivity index (χ0) is 19.5. The van der Waals surface area contributed by atoms with Gasteiger partial charge in [0, 0.05) is 26.3 Å². The zero-order valence-corrected chi connectivity index (χ0v) is 16.4. The molecule has 4 aromatic rings. The van der Waals surface area contributed by atoms with Crippen LogP contribution in [0.15, 0.2) is 35.4 Å². The molecule has 0 unspecified atom stereocenters. The average molecular weight is 379 g/mol. The maximum absolute atomic E-state index is 13.2. The predicted molar refractivity (Wildman–Crippen MR) is 111 cm³/mol. The lowest BCUT2D eigenvalue weighted by Crippen LogP contribution is -2.21. The summed E-state index contributed by atoms with van der Waals surface area (Å²) in [5.41, 5.74) is 3.60. The Labute approximate surface area is 163 Å². The fraction of sp³-hybridized carbons (Fsp3) is 0.429. The first kappa shape index (κ1) is 18.6. The standard InChI is InChI=1S/C21H25N5O2/c1-3-5-12-26-19-17(21(27)25(14-22-19)11-8-13-28-4-2)18-20(26)24-16-10-7-6-9-15(16)23-18/h6-7,9-10,14H,3-5,8,11-13H2,1-2H3. The van der Waals surface area contributed by atoms with Crippen LogP contribution in [0.5, 0.6) is 0 Å². The van der Waals surface area contributed by atoms with Crippen LogP contribution in [0.25, 0.3) is 33.2 Å². The van der Waals surface area contributed by atoms with Crippen LogP contribution in [-0.2, 0) is 17.8 Å². The van der Waals surface area contributed by atoms with Crippen molar-refractivity contribution in [2.75, 3.05) is 13.2 Å². The lowest BCUT2D eigenvalue weighted by atomic mass is 10.3. The summed E-state index contributed by atoms with van der Waals surface area (Å²) in [4.78, 5) is 27.5. The Hall–Kier alpha value is -2.80. The minimum atomic E-state index is -0.0636. The highest BCUT2D eigenvalue weighted by Gasteiger charge is 2.19. The maximum atomic E-state index is 13.2. The first-order valence-corrected chi connectivity index (χ1v) is 9.96. The van der Waals surface area contributed by atoms with E-state index in [1.165, 1.54) is 0 Å². The minimum Gasteiger partial charge on any atom is -0.382 e. The van der Waals surface area contributed by atoms with Crippen molar-refractivity contribution in [3.8, 4) is 0 Å². The number of hydrogen-bond acceptors (Lipinski definition) is 5. The highest BCUT2D eigenvalue weighted by molar-refractivity contribution is 6.04. The summed E-state index contributed by atoms with van der Waals surface area (Å²) in [6.45, 7) is 6.76. The Bertz CT molecular complexity index is 1180. The Kier molecular flexibility index (Phi) is 5.34. The molecule has 3 heterocycles. The SMILES string of the molecule is CCCCn1c2nc3ccccc3nc2c2c(=O)n(CCCOCC)cnc21. The first-order valence-electron chi connectivity index (χ1n) is 9.96. The molecule has 0 saturated heterocycles. The molecule has 0 aliphatic heterocycles. The predicted octanol–water partition coefficient (Wildman–Crippen LogP) is 3.52. The summed E-state index contributed by atoms with van der Waals surface area (Å²) < 4.78 is 9.08. The fourth-order valence-corrected chi connectivity index (χ4v) is 3.51. The number of benzene rings is 1. The molecule has 146 valence electrons. The average Bonchev–Trinajstić information content (AvgIpc) is 3.02. The molecule has 0 aliphatic carbocycles. The summed E-state index contributed by atoms with van der Waals surface area (Å²) in [5, 5.41) is 0.559. The van der Waals surface area contributed by atoms with Crippen LogP contribution in [0.3, 0.4) is 0 Å². The molecule has 0 saturated carbocycles. The lowest BCUT2D eigenvalue weighted by molar-refractivity contribution is 0.141. The van der Waals surface area contributed by atoms with Gasteiger partial charge >= 0.3 is 0 Å². The number of aromatic nitrogens is 5. The van der Waals surface area contributed by atoms with Crippen LogP contribution < -0.4 is 5.56 Å². The summed E-state index contributed by atoms with van der Waals surface area (Å²) in [5.74, 6) is 0.